The number of rotatable bonds is 5. The molecule has 20 heavy (non-hydrogen) atoms. The van der Waals surface area contributed by atoms with E-state index in [9.17, 15) is 4.79 Å². The predicted octanol–water partition coefficient (Wildman–Crippen LogP) is 2.38. The van der Waals surface area contributed by atoms with Gasteiger partial charge in [0.2, 0.25) is 0 Å². The summed E-state index contributed by atoms with van der Waals surface area (Å²) in [7, 11) is 1.38. The predicted molar refractivity (Wildman–Crippen MR) is 81.5 cm³/mol. The molecular weight excluding hydrogens is 274 g/mol. The van der Waals surface area contributed by atoms with E-state index in [0.717, 1.165) is 23.1 Å². The minimum Gasteiger partial charge on any atom is -0.464 e. The summed E-state index contributed by atoms with van der Waals surface area (Å²) in [6.07, 6.45) is 2.46. The van der Waals surface area contributed by atoms with E-state index in [1.165, 1.54) is 44.4 Å². The zero-order valence-electron chi connectivity index (χ0n) is 12.4. The summed E-state index contributed by atoms with van der Waals surface area (Å²) in [5, 5.41) is 4.19. The normalized spacial score (nSPS) is 17.1. The molecule has 1 N–H and O–H groups in total. The fraction of sp³-hybridized carbons (Fsp3) is 0.714. The number of likely N-dealkylation sites (tertiary alicyclic amines) is 1. The number of ether oxygens (including phenoxy) is 1. The summed E-state index contributed by atoms with van der Waals surface area (Å²) < 4.78 is 4.72. The van der Waals surface area contributed by atoms with Crippen molar-refractivity contribution in [3.63, 3.8) is 0 Å². The minimum absolute atomic E-state index is 0.358. The number of thiazole rings is 1. The van der Waals surface area contributed by atoms with Gasteiger partial charge in [-0.05, 0) is 45.3 Å². The molecule has 5 nitrogen and oxygen atoms in total. The Morgan fingerprint density at radius 3 is 2.80 bits per heavy atom. The van der Waals surface area contributed by atoms with Crippen molar-refractivity contribution >= 4 is 22.4 Å². The second-order valence-electron chi connectivity index (χ2n) is 5.17. The summed E-state index contributed by atoms with van der Waals surface area (Å²) in [5.74, 6) is 0.339. The number of methoxy groups -OCH3 is 1. The van der Waals surface area contributed by atoms with Crippen LogP contribution in [0.1, 0.15) is 35.1 Å². The summed E-state index contributed by atoms with van der Waals surface area (Å²) in [5.41, 5.74) is 0.431. The molecule has 0 atom stereocenters. The van der Waals surface area contributed by atoms with Crippen molar-refractivity contribution in [3.8, 4) is 0 Å². The molecule has 1 aromatic heterocycles. The molecule has 0 unspecified atom stereocenters. The fourth-order valence-electron chi connectivity index (χ4n) is 2.50. The first-order chi connectivity index (χ1) is 9.63. The highest BCUT2D eigenvalue weighted by molar-refractivity contribution is 7.15. The van der Waals surface area contributed by atoms with Crippen molar-refractivity contribution in [1.29, 1.82) is 0 Å². The molecule has 0 amide bonds. The van der Waals surface area contributed by atoms with Crippen LogP contribution in [0, 0.1) is 12.8 Å². The Morgan fingerprint density at radius 2 is 2.20 bits per heavy atom. The molecule has 1 fully saturated rings. The number of anilines is 1. The third-order valence-electron chi connectivity index (χ3n) is 3.87. The molecule has 0 radical (unpaired) electrons. The van der Waals surface area contributed by atoms with Crippen LogP contribution in [-0.2, 0) is 4.74 Å². The van der Waals surface area contributed by atoms with E-state index in [4.69, 9.17) is 4.74 Å². The van der Waals surface area contributed by atoms with Crippen LogP contribution in [0.5, 0.6) is 0 Å². The average molecular weight is 297 g/mol. The number of hydrogen-bond donors (Lipinski definition) is 1. The Hall–Kier alpha value is -1.14. The SMILES string of the molecule is CCN1CCC(CNc2nc(C(=O)OC)c(C)s2)CC1. The van der Waals surface area contributed by atoms with Crippen molar-refractivity contribution in [2.45, 2.75) is 26.7 Å². The van der Waals surface area contributed by atoms with Gasteiger partial charge in [0.1, 0.15) is 0 Å². The van der Waals surface area contributed by atoms with Gasteiger partial charge in [-0.25, -0.2) is 9.78 Å². The van der Waals surface area contributed by atoms with E-state index in [1.807, 2.05) is 6.92 Å². The molecule has 1 aliphatic rings. The molecule has 2 rings (SSSR count). The van der Waals surface area contributed by atoms with Gasteiger partial charge in [0.15, 0.2) is 10.8 Å². The van der Waals surface area contributed by atoms with E-state index in [0.29, 0.717) is 11.6 Å². The molecular formula is C14H23N3O2S. The largest absolute Gasteiger partial charge is 0.464 e. The minimum atomic E-state index is -0.358. The van der Waals surface area contributed by atoms with Gasteiger partial charge < -0.3 is 15.0 Å². The van der Waals surface area contributed by atoms with Gasteiger partial charge in [-0.1, -0.05) is 6.92 Å². The van der Waals surface area contributed by atoms with Crippen LogP contribution in [0.25, 0.3) is 0 Å². The molecule has 1 aromatic rings. The summed E-state index contributed by atoms with van der Waals surface area (Å²) in [6, 6.07) is 0. The van der Waals surface area contributed by atoms with Gasteiger partial charge >= 0.3 is 5.97 Å². The molecule has 0 aromatic carbocycles. The first-order valence-corrected chi connectivity index (χ1v) is 7.97. The molecule has 0 saturated carbocycles. The van der Waals surface area contributed by atoms with Crippen LogP contribution in [0.4, 0.5) is 5.13 Å². The molecule has 1 saturated heterocycles. The fourth-order valence-corrected chi connectivity index (χ4v) is 3.30. The van der Waals surface area contributed by atoms with E-state index < -0.39 is 0 Å². The highest BCUT2D eigenvalue weighted by Crippen LogP contribution is 2.24. The van der Waals surface area contributed by atoms with Crippen LogP contribution in [-0.4, -0.2) is 49.1 Å². The lowest BCUT2D eigenvalue weighted by molar-refractivity contribution is 0.0594. The lowest BCUT2D eigenvalue weighted by atomic mass is 9.97. The van der Waals surface area contributed by atoms with Gasteiger partial charge in [0, 0.05) is 11.4 Å². The first-order valence-electron chi connectivity index (χ1n) is 7.16. The third kappa shape index (κ3) is 3.70. The smallest absolute Gasteiger partial charge is 0.357 e. The summed E-state index contributed by atoms with van der Waals surface area (Å²) in [4.78, 5) is 19.2. The van der Waals surface area contributed by atoms with E-state index >= 15 is 0 Å². The van der Waals surface area contributed by atoms with Crippen molar-refractivity contribution in [1.82, 2.24) is 9.88 Å². The zero-order valence-corrected chi connectivity index (χ0v) is 13.3. The van der Waals surface area contributed by atoms with E-state index in [1.54, 1.807) is 0 Å². The van der Waals surface area contributed by atoms with Crippen LogP contribution in [0.2, 0.25) is 0 Å². The maximum absolute atomic E-state index is 11.5. The number of aryl methyl sites for hydroxylation is 1. The molecule has 6 heteroatoms. The van der Waals surface area contributed by atoms with Crippen molar-refractivity contribution < 1.29 is 9.53 Å². The average Bonchev–Trinajstić information content (AvgIpc) is 2.86. The Bertz CT molecular complexity index is 453. The highest BCUT2D eigenvalue weighted by Gasteiger charge is 2.19. The van der Waals surface area contributed by atoms with Gasteiger partial charge in [0.25, 0.3) is 0 Å². The Morgan fingerprint density at radius 1 is 1.50 bits per heavy atom. The second-order valence-corrected chi connectivity index (χ2v) is 6.38. The van der Waals surface area contributed by atoms with Gasteiger partial charge in [-0.3, -0.25) is 0 Å². The van der Waals surface area contributed by atoms with Crippen molar-refractivity contribution in [2.75, 3.05) is 38.6 Å². The van der Waals surface area contributed by atoms with Gasteiger partial charge in [-0.2, -0.15) is 0 Å². The lowest BCUT2D eigenvalue weighted by Crippen LogP contribution is -2.35. The van der Waals surface area contributed by atoms with Crippen molar-refractivity contribution in [2.24, 2.45) is 5.92 Å². The number of nitrogens with zero attached hydrogens (tertiary/aromatic N) is 2. The second kappa shape index (κ2) is 7.04. The molecule has 0 spiro atoms. The summed E-state index contributed by atoms with van der Waals surface area (Å²) in [6.45, 7) is 8.57. The Labute approximate surface area is 124 Å². The molecule has 112 valence electrons. The topological polar surface area (TPSA) is 54.5 Å². The van der Waals surface area contributed by atoms with E-state index in [-0.39, 0.29) is 5.97 Å². The molecule has 2 heterocycles. The summed E-state index contributed by atoms with van der Waals surface area (Å²) >= 11 is 1.52. The van der Waals surface area contributed by atoms with Crippen LogP contribution >= 0.6 is 11.3 Å². The third-order valence-corrected chi connectivity index (χ3v) is 4.80. The monoisotopic (exact) mass is 297 g/mol. The first kappa shape index (κ1) is 15.3. The molecule has 0 bridgehead atoms. The maximum atomic E-state index is 11.5. The molecule has 0 aliphatic carbocycles. The van der Waals surface area contributed by atoms with E-state index in [2.05, 4.69) is 22.1 Å². The number of carbonyl (C=O) groups excluding carboxylic acids is 1. The maximum Gasteiger partial charge on any atom is 0.357 e. The number of hydrogen-bond acceptors (Lipinski definition) is 6. The van der Waals surface area contributed by atoms with Gasteiger partial charge in [0.05, 0.1) is 7.11 Å². The van der Waals surface area contributed by atoms with Crippen LogP contribution in [0.3, 0.4) is 0 Å². The Kier molecular flexibility index (Phi) is 5.37. The number of nitrogens with one attached hydrogen (secondary N) is 1. The standard InChI is InChI=1S/C14H23N3O2S/c1-4-17-7-5-11(6-8-17)9-15-14-16-12(10(2)20-14)13(18)19-3/h11H,4-9H2,1-3H3,(H,15,16). The van der Waals surface area contributed by atoms with Gasteiger partial charge in [-0.15, -0.1) is 11.3 Å². The number of esters is 1. The van der Waals surface area contributed by atoms with Crippen molar-refractivity contribution in [3.05, 3.63) is 10.6 Å². The molecule has 1 aliphatic heterocycles. The Balaban J connectivity index is 1.84. The number of aromatic nitrogens is 1. The van der Waals surface area contributed by atoms with Crippen LogP contribution in [0.15, 0.2) is 0 Å². The zero-order chi connectivity index (χ0) is 14.5. The van der Waals surface area contributed by atoms with Crippen LogP contribution < -0.4 is 5.32 Å². The lowest BCUT2D eigenvalue weighted by Gasteiger charge is -2.30. The number of carbonyl (C=O) groups is 1. The number of piperidine rings is 1. The quantitative estimate of drug-likeness (QED) is 0.846. The highest BCUT2D eigenvalue weighted by atomic mass is 32.1.